The number of halogens is 5. The van der Waals surface area contributed by atoms with E-state index in [1.165, 1.54) is 0 Å². The molecule has 12 heteroatoms. The minimum Gasteiger partial charge on any atom is -0.392 e. The fraction of sp³-hybridized carbons (Fsp3) is 0.368. The van der Waals surface area contributed by atoms with Crippen molar-refractivity contribution in [2.24, 2.45) is 0 Å². The summed E-state index contributed by atoms with van der Waals surface area (Å²) in [6, 6.07) is 3.77. The largest absolute Gasteiger partial charge is 0.392 e. The highest BCUT2D eigenvalue weighted by molar-refractivity contribution is 7.89. The molecular weight excluding hydrogens is 447 g/mol. The van der Waals surface area contributed by atoms with E-state index in [9.17, 15) is 40.6 Å². The van der Waals surface area contributed by atoms with Crippen molar-refractivity contribution >= 4 is 15.7 Å². The van der Waals surface area contributed by atoms with Gasteiger partial charge in [0, 0.05) is 42.9 Å². The van der Waals surface area contributed by atoms with Crippen LogP contribution in [0.25, 0.3) is 0 Å². The smallest absolute Gasteiger partial charge is 0.246 e. The summed E-state index contributed by atoms with van der Waals surface area (Å²) in [5.41, 5.74) is -0.522. The van der Waals surface area contributed by atoms with E-state index in [2.05, 4.69) is 5.32 Å². The number of rotatable bonds is 5. The summed E-state index contributed by atoms with van der Waals surface area (Å²) in [7, 11) is -4.50. The number of β-amino-alcohol motifs (C(OH)–C–C–N with tert-alkyl or cyclic N) is 1. The zero-order valence-electron chi connectivity index (χ0n) is 15.9. The van der Waals surface area contributed by atoms with Crippen LogP contribution < -0.4 is 5.32 Å². The summed E-state index contributed by atoms with van der Waals surface area (Å²) in [6.45, 7) is -0.708. The molecule has 0 saturated carbocycles. The van der Waals surface area contributed by atoms with E-state index in [0.717, 1.165) is 22.5 Å². The van der Waals surface area contributed by atoms with Crippen LogP contribution in [0.4, 0.5) is 27.6 Å². The SMILES string of the molecule is O=S(=O)(c1cc(C(O)Nc2cc(F)c(F)c(F)c2)ccc1F)N1CCC(F)CC(O)C1. The Morgan fingerprint density at radius 1 is 1.06 bits per heavy atom. The lowest BCUT2D eigenvalue weighted by atomic mass is 10.1. The highest BCUT2D eigenvalue weighted by atomic mass is 32.2. The van der Waals surface area contributed by atoms with Crippen molar-refractivity contribution < 1.29 is 40.6 Å². The first kappa shape index (κ1) is 23.4. The zero-order chi connectivity index (χ0) is 22.9. The minimum atomic E-state index is -4.50. The Morgan fingerprint density at radius 2 is 1.71 bits per heavy atom. The molecule has 3 rings (SSSR count). The van der Waals surface area contributed by atoms with Crippen molar-refractivity contribution in [2.45, 2.75) is 36.2 Å². The Morgan fingerprint density at radius 3 is 2.35 bits per heavy atom. The second-order valence-corrected chi connectivity index (χ2v) is 9.04. The maximum absolute atomic E-state index is 14.4. The van der Waals surface area contributed by atoms with Crippen LogP contribution in [-0.4, -0.2) is 48.3 Å². The summed E-state index contributed by atoms with van der Waals surface area (Å²) >= 11 is 0. The predicted molar refractivity (Wildman–Crippen MR) is 100 cm³/mol. The number of nitrogens with zero attached hydrogens (tertiary/aromatic N) is 1. The van der Waals surface area contributed by atoms with Crippen molar-refractivity contribution in [3.05, 3.63) is 59.2 Å². The van der Waals surface area contributed by atoms with Gasteiger partial charge in [0.05, 0.1) is 6.10 Å². The van der Waals surface area contributed by atoms with E-state index >= 15 is 0 Å². The molecule has 170 valence electrons. The summed E-state index contributed by atoms with van der Waals surface area (Å²) < 4.78 is 94.2. The first-order chi connectivity index (χ1) is 14.5. The first-order valence-electron chi connectivity index (χ1n) is 9.20. The molecule has 2 aromatic rings. The molecule has 0 aliphatic carbocycles. The minimum absolute atomic E-state index is 0.177. The normalized spacial score (nSPS) is 21.5. The van der Waals surface area contributed by atoms with Gasteiger partial charge in [-0.25, -0.2) is 30.4 Å². The fourth-order valence-corrected chi connectivity index (χ4v) is 4.81. The molecule has 0 amide bonds. The molecular formula is C19H19F5N2O4S. The molecule has 1 aliphatic heterocycles. The summed E-state index contributed by atoms with van der Waals surface area (Å²) in [4.78, 5) is -0.827. The lowest BCUT2D eigenvalue weighted by molar-refractivity contribution is 0.126. The number of aliphatic hydroxyl groups is 2. The average Bonchev–Trinajstić information content (AvgIpc) is 2.86. The second kappa shape index (κ2) is 9.07. The molecule has 1 aliphatic rings. The van der Waals surface area contributed by atoms with Gasteiger partial charge in [0.25, 0.3) is 0 Å². The van der Waals surface area contributed by atoms with Crippen LogP contribution in [0.2, 0.25) is 0 Å². The van der Waals surface area contributed by atoms with Crippen LogP contribution in [0, 0.1) is 23.3 Å². The molecule has 0 bridgehead atoms. The molecule has 0 aromatic heterocycles. The number of hydrogen-bond donors (Lipinski definition) is 3. The Hall–Kier alpha value is -2.28. The number of hydrogen-bond acceptors (Lipinski definition) is 5. The first-order valence-corrected chi connectivity index (χ1v) is 10.6. The Labute approximate surface area is 175 Å². The van der Waals surface area contributed by atoms with Crippen LogP contribution >= 0.6 is 0 Å². The number of benzene rings is 2. The molecule has 0 spiro atoms. The monoisotopic (exact) mass is 466 g/mol. The molecule has 6 nitrogen and oxygen atoms in total. The Bertz CT molecular complexity index is 1050. The third-order valence-electron chi connectivity index (χ3n) is 4.81. The standard InChI is InChI=1S/C19H19F5N2O4S/c20-11-3-4-26(9-13(27)6-11)31(29,30)17-5-10(1-2-14(17)21)19(28)25-12-7-15(22)18(24)16(23)8-12/h1-2,5,7-8,11,13,19,25,27-28H,3-4,6,9H2. The topological polar surface area (TPSA) is 89.9 Å². The number of anilines is 1. The number of sulfonamides is 1. The quantitative estimate of drug-likeness (QED) is 0.358. The molecule has 31 heavy (non-hydrogen) atoms. The molecule has 3 N–H and O–H groups in total. The Balaban J connectivity index is 1.88. The maximum atomic E-state index is 14.4. The van der Waals surface area contributed by atoms with Crippen molar-refractivity contribution in [1.29, 1.82) is 0 Å². The van der Waals surface area contributed by atoms with E-state index < -0.39 is 63.2 Å². The van der Waals surface area contributed by atoms with Gasteiger partial charge in [-0.1, -0.05) is 6.07 Å². The van der Waals surface area contributed by atoms with Crippen LogP contribution in [0.5, 0.6) is 0 Å². The molecule has 1 heterocycles. The van der Waals surface area contributed by atoms with Gasteiger partial charge < -0.3 is 15.5 Å². The second-order valence-electron chi connectivity index (χ2n) is 7.13. The van der Waals surface area contributed by atoms with Gasteiger partial charge in [-0.2, -0.15) is 4.31 Å². The number of aliphatic hydroxyl groups excluding tert-OH is 2. The summed E-state index contributed by atoms with van der Waals surface area (Å²) in [5.74, 6) is -5.87. The van der Waals surface area contributed by atoms with E-state index in [1.54, 1.807) is 0 Å². The molecule has 2 aromatic carbocycles. The van der Waals surface area contributed by atoms with Crippen molar-refractivity contribution in [3.63, 3.8) is 0 Å². The lowest BCUT2D eigenvalue weighted by Gasteiger charge is -2.23. The van der Waals surface area contributed by atoms with E-state index in [1.807, 2.05) is 0 Å². The highest BCUT2D eigenvalue weighted by Gasteiger charge is 2.33. The predicted octanol–water partition coefficient (Wildman–Crippen LogP) is 2.83. The van der Waals surface area contributed by atoms with Gasteiger partial charge in [-0.15, -0.1) is 0 Å². The van der Waals surface area contributed by atoms with E-state index in [-0.39, 0.29) is 30.6 Å². The van der Waals surface area contributed by atoms with Crippen LogP contribution in [0.15, 0.2) is 35.2 Å². The molecule has 3 unspecified atom stereocenters. The van der Waals surface area contributed by atoms with Gasteiger partial charge in [0.1, 0.15) is 16.9 Å². The fourth-order valence-electron chi connectivity index (χ4n) is 3.22. The highest BCUT2D eigenvalue weighted by Crippen LogP contribution is 2.28. The van der Waals surface area contributed by atoms with Crippen molar-refractivity contribution in [2.75, 3.05) is 18.4 Å². The zero-order valence-corrected chi connectivity index (χ0v) is 16.7. The van der Waals surface area contributed by atoms with E-state index in [4.69, 9.17) is 0 Å². The van der Waals surface area contributed by atoms with E-state index in [0.29, 0.717) is 12.1 Å². The number of alkyl halides is 1. The van der Waals surface area contributed by atoms with Gasteiger partial charge in [0.2, 0.25) is 10.0 Å². The third-order valence-corrected chi connectivity index (χ3v) is 6.69. The molecule has 1 fully saturated rings. The Kier molecular flexibility index (Phi) is 6.84. The number of nitrogens with one attached hydrogen (secondary N) is 1. The van der Waals surface area contributed by atoms with Gasteiger partial charge in [0.15, 0.2) is 23.7 Å². The lowest BCUT2D eigenvalue weighted by Crippen LogP contribution is -2.36. The van der Waals surface area contributed by atoms with Gasteiger partial charge in [-0.3, -0.25) is 0 Å². The molecule has 3 atom stereocenters. The van der Waals surface area contributed by atoms with Gasteiger partial charge in [-0.05, 0) is 18.6 Å². The van der Waals surface area contributed by atoms with Gasteiger partial charge >= 0.3 is 0 Å². The summed E-state index contributed by atoms with van der Waals surface area (Å²) in [6.07, 6.45) is -4.84. The van der Waals surface area contributed by atoms with Crippen molar-refractivity contribution in [3.8, 4) is 0 Å². The molecule has 0 radical (unpaired) electrons. The third kappa shape index (κ3) is 5.14. The van der Waals surface area contributed by atoms with Crippen LogP contribution in [0.1, 0.15) is 24.6 Å². The summed E-state index contributed by atoms with van der Waals surface area (Å²) in [5, 5.41) is 22.3. The maximum Gasteiger partial charge on any atom is 0.246 e. The van der Waals surface area contributed by atoms with Crippen LogP contribution in [-0.2, 0) is 10.0 Å². The van der Waals surface area contributed by atoms with Crippen LogP contribution in [0.3, 0.4) is 0 Å². The molecule has 1 saturated heterocycles. The average molecular weight is 466 g/mol. The van der Waals surface area contributed by atoms with Crippen molar-refractivity contribution in [1.82, 2.24) is 4.31 Å².